The topological polar surface area (TPSA) is 84.3 Å². The Bertz CT molecular complexity index is 458. The first kappa shape index (κ1) is 16.4. The predicted molar refractivity (Wildman–Crippen MR) is 78.1 cm³/mol. The average molecular weight is 300 g/mol. The molecule has 0 unspecified atom stereocenters. The Morgan fingerprint density at radius 2 is 2.10 bits per heavy atom. The van der Waals surface area contributed by atoms with Crippen LogP contribution in [-0.2, 0) is 11.2 Å². The van der Waals surface area contributed by atoms with E-state index >= 15 is 0 Å². The number of rotatable bonds is 4. The summed E-state index contributed by atoms with van der Waals surface area (Å²) in [6.07, 6.45) is 2.33. The lowest BCUT2D eigenvalue weighted by Gasteiger charge is -2.23. The first-order chi connectivity index (χ1) is 9.15. The molecular weight excluding hydrogens is 282 g/mol. The Balaban J connectivity index is 0.00000200. The van der Waals surface area contributed by atoms with Crippen molar-refractivity contribution in [2.24, 2.45) is 0 Å². The molecule has 1 fully saturated rings. The van der Waals surface area contributed by atoms with E-state index in [1.54, 1.807) is 12.1 Å². The van der Waals surface area contributed by atoms with Crippen LogP contribution in [0.15, 0.2) is 24.3 Å². The zero-order valence-corrected chi connectivity index (χ0v) is 11.8. The van der Waals surface area contributed by atoms with Gasteiger partial charge in [-0.05, 0) is 24.9 Å². The number of hydrogen-bond acceptors (Lipinski definition) is 4. The monoisotopic (exact) mass is 299 g/mol. The van der Waals surface area contributed by atoms with Crippen LogP contribution >= 0.6 is 12.4 Å². The number of benzene rings is 1. The fraction of sp³-hybridized carbons (Fsp3) is 0.462. The molecule has 0 saturated carbocycles. The normalized spacial score (nSPS) is 17.9. The van der Waals surface area contributed by atoms with Crippen molar-refractivity contribution >= 4 is 24.0 Å². The summed E-state index contributed by atoms with van der Waals surface area (Å²) in [4.78, 5) is 21.9. The van der Waals surface area contributed by atoms with E-state index in [9.17, 15) is 14.9 Å². The number of halogens is 1. The number of amides is 1. The maximum absolute atomic E-state index is 11.8. The highest BCUT2D eigenvalue weighted by Gasteiger charge is 2.15. The van der Waals surface area contributed by atoms with Gasteiger partial charge in [-0.3, -0.25) is 14.9 Å². The van der Waals surface area contributed by atoms with Crippen LogP contribution in [0.3, 0.4) is 0 Å². The van der Waals surface area contributed by atoms with Gasteiger partial charge in [0, 0.05) is 24.7 Å². The number of non-ortho nitro benzene ring substituents is 1. The molecule has 7 heteroatoms. The first-order valence-electron chi connectivity index (χ1n) is 6.38. The molecular formula is C13H18ClN3O3. The second kappa shape index (κ2) is 7.81. The van der Waals surface area contributed by atoms with Gasteiger partial charge in [0.25, 0.3) is 5.69 Å². The van der Waals surface area contributed by atoms with Gasteiger partial charge in [-0.1, -0.05) is 12.1 Å². The lowest BCUT2D eigenvalue weighted by atomic mass is 10.1. The molecule has 0 spiro atoms. The predicted octanol–water partition coefficient (Wildman–Crippen LogP) is 1.43. The molecule has 0 aliphatic carbocycles. The quantitative estimate of drug-likeness (QED) is 0.650. The van der Waals surface area contributed by atoms with E-state index in [0.717, 1.165) is 31.5 Å². The van der Waals surface area contributed by atoms with Gasteiger partial charge < -0.3 is 10.6 Å². The summed E-state index contributed by atoms with van der Waals surface area (Å²) in [6.45, 7) is 1.82. The van der Waals surface area contributed by atoms with E-state index < -0.39 is 4.92 Å². The smallest absolute Gasteiger partial charge is 0.269 e. The number of nitro groups is 1. The van der Waals surface area contributed by atoms with Crippen molar-refractivity contribution in [1.29, 1.82) is 0 Å². The minimum Gasteiger partial charge on any atom is -0.352 e. The van der Waals surface area contributed by atoms with Gasteiger partial charge in [0.15, 0.2) is 0 Å². The van der Waals surface area contributed by atoms with Gasteiger partial charge in [0.1, 0.15) is 0 Å². The minimum absolute atomic E-state index is 0. The molecule has 1 aliphatic rings. The third kappa shape index (κ3) is 4.79. The van der Waals surface area contributed by atoms with Crippen LogP contribution in [0.2, 0.25) is 0 Å². The molecule has 1 aromatic carbocycles. The molecule has 1 aromatic rings. The Morgan fingerprint density at radius 1 is 1.40 bits per heavy atom. The molecule has 6 nitrogen and oxygen atoms in total. The van der Waals surface area contributed by atoms with Crippen LogP contribution in [0.25, 0.3) is 0 Å². The van der Waals surface area contributed by atoms with E-state index in [0.29, 0.717) is 0 Å². The number of nitrogens with zero attached hydrogens (tertiary/aromatic N) is 1. The second-order valence-corrected chi connectivity index (χ2v) is 4.71. The summed E-state index contributed by atoms with van der Waals surface area (Å²) in [5, 5.41) is 16.7. The standard InChI is InChI=1S/C13H17N3O3.ClH/c17-13(15-11-2-1-7-14-9-11)8-10-3-5-12(6-4-10)16(18)19;/h3-6,11,14H,1-2,7-9H2,(H,15,17);1H/t11-;/m1./s1. The van der Waals surface area contributed by atoms with Crippen LogP contribution in [0, 0.1) is 10.1 Å². The first-order valence-corrected chi connectivity index (χ1v) is 6.38. The SMILES string of the molecule is Cl.O=C(Cc1ccc([N+](=O)[O-])cc1)N[C@@H]1CCCNC1. The largest absolute Gasteiger partial charge is 0.352 e. The van der Waals surface area contributed by atoms with E-state index in [1.807, 2.05) is 0 Å². The van der Waals surface area contributed by atoms with Gasteiger partial charge in [0.2, 0.25) is 5.91 Å². The van der Waals surface area contributed by atoms with Crippen LogP contribution in [0.5, 0.6) is 0 Å². The molecule has 1 saturated heterocycles. The average Bonchev–Trinajstić information content (AvgIpc) is 2.40. The summed E-state index contributed by atoms with van der Waals surface area (Å²) in [5.41, 5.74) is 0.826. The molecule has 2 rings (SSSR count). The van der Waals surface area contributed by atoms with Crippen molar-refractivity contribution in [3.05, 3.63) is 39.9 Å². The van der Waals surface area contributed by atoms with Gasteiger partial charge in [-0.15, -0.1) is 12.4 Å². The van der Waals surface area contributed by atoms with Crippen molar-refractivity contribution in [3.8, 4) is 0 Å². The molecule has 1 amide bonds. The summed E-state index contributed by atoms with van der Waals surface area (Å²) in [5.74, 6) is -0.0393. The van der Waals surface area contributed by atoms with Crippen molar-refractivity contribution in [1.82, 2.24) is 10.6 Å². The number of nitrogens with one attached hydrogen (secondary N) is 2. The molecule has 1 atom stereocenters. The summed E-state index contributed by atoms with van der Waals surface area (Å²) < 4.78 is 0. The molecule has 20 heavy (non-hydrogen) atoms. The lowest BCUT2D eigenvalue weighted by molar-refractivity contribution is -0.384. The lowest BCUT2D eigenvalue weighted by Crippen LogP contribution is -2.46. The Labute approximate surface area is 123 Å². The number of carbonyl (C=O) groups excluding carboxylic acids is 1. The summed E-state index contributed by atoms with van der Waals surface area (Å²) >= 11 is 0. The zero-order valence-electron chi connectivity index (χ0n) is 11.0. The van der Waals surface area contributed by atoms with Crippen molar-refractivity contribution < 1.29 is 9.72 Å². The Hall–Kier alpha value is -1.66. The molecule has 1 heterocycles. The van der Waals surface area contributed by atoms with Gasteiger partial charge in [-0.2, -0.15) is 0 Å². The fourth-order valence-corrected chi connectivity index (χ4v) is 2.17. The van der Waals surface area contributed by atoms with Crippen molar-refractivity contribution in [2.45, 2.75) is 25.3 Å². The third-order valence-corrected chi connectivity index (χ3v) is 3.17. The van der Waals surface area contributed by atoms with Crippen LogP contribution in [0.1, 0.15) is 18.4 Å². The maximum Gasteiger partial charge on any atom is 0.269 e. The molecule has 0 aromatic heterocycles. The minimum atomic E-state index is -0.447. The van der Waals surface area contributed by atoms with Gasteiger partial charge in [0.05, 0.1) is 11.3 Å². The van der Waals surface area contributed by atoms with Gasteiger partial charge >= 0.3 is 0 Å². The third-order valence-electron chi connectivity index (χ3n) is 3.17. The van der Waals surface area contributed by atoms with E-state index in [2.05, 4.69) is 10.6 Å². The van der Waals surface area contributed by atoms with Crippen LogP contribution < -0.4 is 10.6 Å². The summed E-state index contributed by atoms with van der Waals surface area (Å²) in [7, 11) is 0. The van der Waals surface area contributed by atoms with E-state index in [4.69, 9.17) is 0 Å². The molecule has 110 valence electrons. The van der Waals surface area contributed by atoms with Crippen LogP contribution in [-0.4, -0.2) is 30.0 Å². The molecule has 2 N–H and O–H groups in total. The van der Waals surface area contributed by atoms with Crippen LogP contribution in [0.4, 0.5) is 5.69 Å². The van der Waals surface area contributed by atoms with Gasteiger partial charge in [-0.25, -0.2) is 0 Å². The number of piperidine rings is 1. The number of carbonyl (C=O) groups is 1. The highest BCUT2D eigenvalue weighted by molar-refractivity contribution is 5.85. The van der Waals surface area contributed by atoms with E-state index in [1.165, 1.54) is 12.1 Å². The highest BCUT2D eigenvalue weighted by atomic mass is 35.5. The summed E-state index contributed by atoms with van der Waals surface area (Å²) in [6, 6.07) is 6.28. The molecule has 0 radical (unpaired) electrons. The number of hydrogen-bond donors (Lipinski definition) is 2. The Morgan fingerprint density at radius 3 is 2.65 bits per heavy atom. The fourth-order valence-electron chi connectivity index (χ4n) is 2.17. The highest BCUT2D eigenvalue weighted by Crippen LogP contribution is 2.12. The molecule has 1 aliphatic heterocycles. The zero-order chi connectivity index (χ0) is 13.7. The van der Waals surface area contributed by atoms with Crippen molar-refractivity contribution in [3.63, 3.8) is 0 Å². The number of nitro benzene ring substituents is 1. The maximum atomic E-state index is 11.8. The molecule has 0 bridgehead atoms. The van der Waals surface area contributed by atoms with Crippen molar-refractivity contribution in [2.75, 3.05) is 13.1 Å². The van der Waals surface area contributed by atoms with E-state index in [-0.39, 0.29) is 36.5 Å². The second-order valence-electron chi connectivity index (χ2n) is 4.71. The Kier molecular flexibility index (Phi) is 6.41.